The highest BCUT2D eigenvalue weighted by molar-refractivity contribution is 5.95. The molecule has 0 saturated carbocycles. The SMILES string of the molecule is COc1cccc(C(=O)NCC2CN(c3ccc(C(C)C)cc3)C(=O)CO2)c1. The van der Waals surface area contributed by atoms with E-state index in [4.69, 9.17) is 9.47 Å². The predicted octanol–water partition coefficient (Wildman–Crippen LogP) is 2.98. The Morgan fingerprint density at radius 1 is 1.25 bits per heavy atom. The zero-order valence-electron chi connectivity index (χ0n) is 16.5. The number of methoxy groups -OCH3 is 1. The number of rotatable bonds is 6. The summed E-state index contributed by atoms with van der Waals surface area (Å²) in [4.78, 5) is 26.4. The molecule has 0 radical (unpaired) electrons. The number of nitrogens with zero attached hydrogens (tertiary/aromatic N) is 1. The number of carbonyl (C=O) groups is 2. The maximum absolute atomic E-state index is 12.4. The fourth-order valence-corrected chi connectivity index (χ4v) is 3.11. The smallest absolute Gasteiger partial charge is 0.253 e. The van der Waals surface area contributed by atoms with Gasteiger partial charge in [-0.1, -0.05) is 32.0 Å². The molecule has 1 saturated heterocycles. The molecule has 0 bridgehead atoms. The Morgan fingerprint density at radius 2 is 2.00 bits per heavy atom. The van der Waals surface area contributed by atoms with Gasteiger partial charge in [-0.05, 0) is 41.8 Å². The van der Waals surface area contributed by atoms with Crippen LogP contribution in [-0.2, 0) is 9.53 Å². The summed E-state index contributed by atoms with van der Waals surface area (Å²) in [7, 11) is 1.56. The summed E-state index contributed by atoms with van der Waals surface area (Å²) in [5.74, 6) is 0.789. The second-order valence-electron chi connectivity index (χ2n) is 7.13. The van der Waals surface area contributed by atoms with Gasteiger partial charge < -0.3 is 19.7 Å². The largest absolute Gasteiger partial charge is 0.497 e. The molecule has 0 aromatic heterocycles. The van der Waals surface area contributed by atoms with E-state index < -0.39 is 0 Å². The van der Waals surface area contributed by atoms with Crippen LogP contribution in [0.3, 0.4) is 0 Å². The van der Waals surface area contributed by atoms with E-state index in [0.29, 0.717) is 30.3 Å². The van der Waals surface area contributed by atoms with Gasteiger partial charge in [-0.3, -0.25) is 9.59 Å². The molecule has 1 atom stereocenters. The fraction of sp³-hybridized carbons (Fsp3) is 0.364. The van der Waals surface area contributed by atoms with Gasteiger partial charge in [0.15, 0.2) is 0 Å². The minimum Gasteiger partial charge on any atom is -0.497 e. The van der Waals surface area contributed by atoms with Crippen molar-refractivity contribution < 1.29 is 19.1 Å². The van der Waals surface area contributed by atoms with Gasteiger partial charge in [0.25, 0.3) is 11.8 Å². The molecule has 1 aliphatic rings. The van der Waals surface area contributed by atoms with Crippen molar-refractivity contribution >= 4 is 17.5 Å². The lowest BCUT2D eigenvalue weighted by Gasteiger charge is -2.33. The highest BCUT2D eigenvalue weighted by Crippen LogP contribution is 2.22. The molecule has 1 aliphatic heterocycles. The average Bonchev–Trinajstić information content (AvgIpc) is 2.73. The first-order valence-electron chi connectivity index (χ1n) is 9.42. The molecule has 3 rings (SSSR count). The molecule has 0 aliphatic carbocycles. The van der Waals surface area contributed by atoms with Crippen LogP contribution in [0.25, 0.3) is 0 Å². The first-order valence-corrected chi connectivity index (χ1v) is 9.42. The number of nitrogens with one attached hydrogen (secondary N) is 1. The van der Waals surface area contributed by atoms with Gasteiger partial charge in [0.05, 0.1) is 19.8 Å². The summed E-state index contributed by atoms with van der Waals surface area (Å²) in [6, 6.07) is 15.0. The zero-order valence-corrected chi connectivity index (χ0v) is 16.5. The monoisotopic (exact) mass is 382 g/mol. The van der Waals surface area contributed by atoms with Crippen LogP contribution in [0.5, 0.6) is 5.75 Å². The minimum atomic E-state index is -0.267. The molecule has 28 heavy (non-hydrogen) atoms. The molecule has 2 amide bonds. The van der Waals surface area contributed by atoms with Crippen molar-refractivity contribution in [1.82, 2.24) is 5.32 Å². The maximum atomic E-state index is 12.4. The Morgan fingerprint density at radius 3 is 2.68 bits per heavy atom. The lowest BCUT2D eigenvalue weighted by Crippen LogP contribution is -2.50. The molecule has 2 aromatic rings. The van der Waals surface area contributed by atoms with E-state index in [1.165, 1.54) is 5.56 Å². The van der Waals surface area contributed by atoms with Gasteiger partial charge >= 0.3 is 0 Å². The number of hydrogen-bond donors (Lipinski definition) is 1. The van der Waals surface area contributed by atoms with E-state index in [1.807, 2.05) is 24.3 Å². The zero-order chi connectivity index (χ0) is 20.1. The molecule has 1 heterocycles. The van der Waals surface area contributed by atoms with Crippen molar-refractivity contribution in [3.8, 4) is 5.75 Å². The first-order chi connectivity index (χ1) is 13.5. The molecule has 0 spiro atoms. The number of hydrogen-bond acceptors (Lipinski definition) is 4. The lowest BCUT2D eigenvalue weighted by atomic mass is 10.0. The quantitative estimate of drug-likeness (QED) is 0.834. The number of ether oxygens (including phenoxy) is 2. The summed E-state index contributed by atoms with van der Waals surface area (Å²) >= 11 is 0. The molecule has 1 unspecified atom stereocenters. The van der Waals surface area contributed by atoms with E-state index >= 15 is 0 Å². The highest BCUT2D eigenvalue weighted by Gasteiger charge is 2.27. The van der Waals surface area contributed by atoms with Crippen molar-refractivity contribution in [3.05, 3.63) is 59.7 Å². The number of amides is 2. The van der Waals surface area contributed by atoms with Gasteiger partial charge in [0.2, 0.25) is 0 Å². The van der Waals surface area contributed by atoms with E-state index in [-0.39, 0.29) is 24.5 Å². The van der Waals surface area contributed by atoms with E-state index in [9.17, 15) is 9.59 Å². The molecule has 1 fully saturated rings. The van der Waals surface area contributed by atoms with Gasteiger partial charge in [-0.25, -0.2) is 0 Å². The summed E-state index contributed by atoms with van der Waals surface area (Å²) in [5, 5.41) is 2.87. The van der Waals surface area contributed by atoms with Crippen LogP contribution < -0.4 is 15.0 Å². The summed E-state index contributed by atoms with van der Waals surface area (Å²) in [6.07, 6.45) is -0.267. The number of carbonyl (C=O) groups excluding carboxylic acids is 2. The molecule has 2 aromatic carbocycles. The Labute approximate surface area is 165 Å². The Hall–Kier alpha value is -2.86. The standard InChI is InChI=1S/C22H26N2O4/c1-15(2)16-7-9-18(10-8-16)24-13-20(28-14-21(24)25)12-23-22(26)17-5-4-6-19(11-17)27-3/h4-11,15,20H,12-14H2,1-3H3,(H,23,26). The number of benzene rings is 2. The van der Waals surface area contributed by atoms with Crippen molar-refractivity contribution in [1.29, 1.82) is 0 Å². The first kappa shape index (κ1) is 19.9. The van der Waals surface area contributed by atoms with Crippen molar-refractivity contribution in [3.63, 3.8) is 0 Å². The number of anilines is 1. The molecule has 6 nitrogen and oxygen atoms in total. The Balaban J connectivity index is 1.61. The Kier molecular flexibility index (Phi) is 6.31. The van der Waals surface area contributed by atoms with E-state index in [1.54, 1.807) is 36.3 Å². The molecular weight excluding hydrogens is 356 g/mol. The van der Waals surface area contributed by atoms with Gasteiger partial charge in [-0.2, -0.15) is 0 Å². The van der Waals surface area contributed by atoms with Crippen LogP contribution in [-0.4, -0.2) is 44.7 Å². The van der Waals surface area contributed by atoms with Crippen LogP contribution in [0, 0.1) is 0 Å². The van der Waals surface area contributed by atoms with Gasteiger partial charge in [0.1, 0.15) is 12.4 Å². The summed E-state index contributed by atoms with van der Waals surface area (Å²) < 4.78 is 10.8. The van der Waals surface area contributed by atoms with Crippen LogP contribution in [0.15, 0.2) is 48.5 Å². The maximum Gasteiger partial charge on any atom is 0.253 e. The third-order valence-electron chi connectivity index (χ3n) is 4.82. The summed E-state index contributed by atoms with van der Waals surface area (Å²) in [5.41, 5.74) is 2.60. The van der Waals surface area contributed by atoms with Crippen LogP contribution in [0.2, 0.25) is 0 Å². The number of morpholine rings is 1. The topological polar surface area (TPSA) is 67.9 Å². The highest BCUT2D eigenvalue weighted by atomic mass is 16.5. The van der Waals surface area contributed by atoms with Gasteiger partial charge in [-0.15, -0.1) is 0 Å². The second-order valence-corrected chi connectivity index (χ2v) is 7.13. The lowest BCUT2D eigenvalue weighted by molar-refractivity contribution is -0.129. The average molecular weight is 382 g/mol. The summed E-state index contributed by atoms with van der Waals surface area (Å²) in [6.45, 7) is 5.00. The molecule has 6 heteroatoms. The van der Waals surface area contributed by atoms with Crippen molar-refractivity contribution in [2.45, 2.75) is 25.9 Å². The van der Waals surface area contributed by atoms with Crippen LogP contribution in [0.4, 0.5) is 5.69 Å². The Bertz CT molecular complexity index is 833. The third-order valence-corrected chi connectivity index (χ3v) is 4.82. The van der Waals surface area contributed by atoms with Crippen molar-refractivity contribution in [2.24, 2.45) is 0 Å². The molecule has 1 N–H and O–H groups in total. The normalized spacial score (nSPS) is 16.9. The third kappa shape index (κ3) is 4.70. The molecular formula is C22H26N2O4. The molecule has 148 valence electrons. The predicted molar refractivity (Wildman–Crippen MR) is 108 cm³/mol. The minimum absolute atomic E-state index is 0.00558. The van der Waals surface area contributed by atoms with E-state index in [2.05, 4.69) is 19.2 Å². The van der Waals surface area contributed by atoms with Crippen LogP contribution >= 0.6 is 0 Å². The van der Waals surface area contributed by atoms with Gasteiger partial charge in [0, 0.05) is 17.8 Å². The van der Waals surface area contributed by atoms with E-state index in [0.717, 1.165) is 5.69 Å². The second kappa shape index (κ2) is 8.89. The van der Waals surface area contributed by atoms with Crippen molar-refractivity contribution in [2.75, 3.05) is 31.7 Å². The fourth-order valence-electron chi connectivity index (χ4n) is 3.11. The van der Waals surface area contributed by atoms with Crippen LogP contribution in [0.1, 0.15) is 35.7 Å².